The van der Waals surface area contributed by atoms with Crippen molar-refractivity contribution in [3.63, 3.8) is 0 Å². The van der Waals surface area contributed by atoms with Gasteiger partial charge in [-0.25, -0.2) is 14.0 Å². The second-order valence-electron chi connectivity index (χ2n) is 11.7. The van der Waals surface area contributed by atoms with Gasteiger partial charge in [-0.1, -0.05) is 50.2 Å². The zero-order valence-corrected chi connectivity index (χ0v) is 25.9. The van der Waals surface area contributed by atoms with Gasteiger partial charge in [-0.2, -0.15) is 0 Å². The van der Waals surface area contributed by atoms with Crippen molar-refractivity contribution in [2.24, 2.45) is 0 Å². The molecule has 2 unspecified atom stereocenters. The summed E-state index contributed by atoms with van der Waals surface area (Å²) in [5.74, 6) is -3.19. The first-order valence-electron chi connectivity index (χ1n) is 15.3. The number of aliphatic hydroxyl groups excluding tert-OH is 2. The molecule has 2 aliphatic rings. The number of carboxylic acids is 2. The number of ether oxygens (including phenoxy) is 2. The fraction of sp³-hybridized carbons (Fsp3) is 0.545. The summed E-state index contributed by atoms with van der Waals surface area (Å²) in [6.45, 7) is 9.28. The average molecular weight is 633 g/mol. The van der Waals surface area contributed by atoms with E-state index >= 15 is 0 Å². The second-order valence-corrected chi connectivity index (χ2v) is 11.7. The third-order valence-corrected chi connectivity index (χ3v) is 7.97. The van der Waals surface area contributed by atoms with Crippen molar-refractivity contribution in [2.75, 3.05) is 32.8 Å². The highest BCUT2D eigenvalue weighted by molar-refractivity contribution is 5.83. The van der Waals surface area contributed by atoms with Crippen LogP contribution in [-0.2, 0) is 36.8 Å². The highest BCUT2D eigenvalue weighted by atomic mass is 19.1. The van der Waals surface area contributed by atoms with Crippen molar-refractivity contribution in [3.05, 3.63) is 71.0 Å². The molecule has 0 bridgehead atoms. The summed E-state index contributed by atoms with van der Waals surface area (Å²) in [4.78, 5) is 37.5. The number of piperidine rings is 1. The highest BCUT2D eigenvalue weighted by Crippen LogP contribution is 2.22. The van der Waals surface area contributed by atoms with Crippen LogP contribution < -0.4 is 0 Å². The molecule has 45 heavy (non-hydrogen) atoms. The fourth-order valence-corrected chi connectivity index (χ4v) is 5.22. The van der Waals surface area contributed by atoms with Gasteiger partial charge < -0.3 is 39.7 Å². The molecule has 248 valence electrons. The van der Waals surface area contributed by atoms with Crippen LogP contribution in [0.2, 0.25) is 0 Å². The summed E-state index contributed by atoms with van der Waals surface area (Å²) in [5.41, 5.74) is 3.28. The predicted molar refractivity (Wildman–Crippen MR) is 163 cm³/mol. The molecule has 0 aromatic heterocycles. The van der Waals surface area contributed by atoms with Gasteiger partial charge in [-0.3, -0.25) is 4.79 Å². The van der Waals surface area contributed by atoms with Crippen molar-refractivity contribution in [2.45, 2.75) is 83.0 Å². The number of benzene rings is 2. The number of aliphatic carboxylic acids is 2. The molecule has 4 rings (SSSR count). The minimum absolute atomic E-state index is 0.0832. The van der Waals surface area contributed by atoms with E-state index in [2.05, 4.69) is 43.0 Å². The van der Waals surface area contributed by atoms with Gasteiger partial charge in [0.1, 0.15) is 5.82 Å². The number of hydrogen-bond donors (Lipinski definition) is 4. The van der Waals surface area contributed by atoms with Gasteiger partial charge in [-0.05, 0) is 54.0 Å². The minimum Gasteiger partial charge on any atom is -0.479 e. The quantitative estimate of drug-likeness (QED) is 0.274. The Morgan fingerprint density at radius 3 is 1.93 bits per heavy atom. The lowest BCUT2D eigenvalue weighted by atomic mass is 9.99. The van der Waals surface area contributed by atoms with Crippen LogP contribution in [0.15, 0.2) is 48.5 Å². The molecular weight excluding hydrogens is 587 g/mol. The molecule has 12 heteroatoms. The molecule has 2 atom stereocenters. The first-order valence-corrected chi connectivity index (χ1v) is 15.3. The summed E-state index contributed by atoms with van der Waals surface area (Å²) in [6.07, 6.45) is -0.500. The third kappa shape index (κ3) is 11.8. The van der Waals surface area contributed by atoms with Gasteiger partial charge in [0.25, 0.3) is 0 Å². The molecule has 2 fully saturated rings. The van der Waals surface area contributed by atoms with E-state index in [0.717, 1.165) is 69.7 Å². The lowest BCUT2D eigenvalue weighted by molar-refractivity contribution is -0.183. The molecule has 2 heterocycles. The number of carbonyl (C=O) groups is 3. The van der Waals surface area contributed by atoms with Crippen molar-refractivity contribution in [1.82, 2.24) is 9.80 Å². The Hall–Kier alpha value is -3.42. The summed E-state index contributed by atoms with van der Waals surface area (Å²) in [7, 11) is 0. The molecule has 4 N–H and O–H groups in total. The smallest absolute Gasteiger partial charge is 0.335 e. The SMILES string of the molecule is CC(C)c1ccc(CC(=O)N(Cc2ccc(F)cc2)C2CCN(CCC3OCCCO3)CC2)cc1.O=C(O)C(O)C(O)C(=O)O. The minimum atomic E-state index is -2.27. The Kier molecular flexibility index (Phi) is 14.3. The lowest BCUT2D eigenvalue weighted by Gasteiger charge is -2.39. The van der Waals surface area contributed by atoms with Crippen molar-refractivity contribution < 1.29 is 48.7 Å². The molecule has 1 amide bonds. The average Bonchev–Trinajstić information content (AvgIpc) is 3.04. The van der Waals surface area contributed by atoms with E-state index in [1.807, 2.05) is 4.90 Å². The van der Waals surface area contributed by atoms with Crippen LogP contribution in [0.25, 0.3) is 0 Å². The molecule has 11 nitrogen and oxygen atoms in total. The fourth-order valence-electron chi connectivity index (χ4n) is 5.22. The largest absolute Gasteiger partial charge is 0.479 e. The number of aliphatic hydroxyl groups is 2. The zero-order chi connectivity index (χ0) is 32.9. The van der Waals surface area contributed by atoms with E-state index in [9.17, 15) is 18.8 Å². The maximum atomic E-state index is 13.5. The number of carboxylic acid groups (broad SMARTS) is 2. The molecule has 2 aromatic rings. The maximum absolute atomic E-state index is 13.5. The topological polar surface area (TPSA) is 157 Å². The third-order valence-electron chi connectivity index (χ3n) is 7.97. The van der Waals surface area contributed by atoms with Gasteiger partial charge in [0.05, 0.1) is 19.6 Å². The van der Waals surface area contributed by atoms with Gasteiger partial charge >= 0.3 is 11.9 Å². The molecule has 0 saturated carbocycles. The Labute approximate surface area is 263 Å². The van der Waals surface area contributed by atoms with Crippen LogP contribution in [0.4, 0.5) is 4.39 Å². The van der Waals surface area contributed by atoms with E-state index in [0.29, 0.717) is 18.9 Å². The molecule has 2 aliphatic heterocycles. The number of likely N-dealkylation sites (tertiary alicyclic amines) is 1. The maximum Gasteiger partial charge on any atom is 0.335 e. The highest BCUT2D eigenvalue weighted by Gasteiger charge is 2.30. The standard InChI is InChI=1S/C29H39FN2O3.C4H6O6/c1-22(2)25-8-4-23(5-9-25)20-28(33)32(21-24-6-10-26(30)11-7-24)27-12-15-31(16-13-27)17-14-29-34-18-3-19-35-29;5-1(3(7)8)2(6)4(9)10/h4-11,22,27,29H,3,12-21H2,1-2H3;1-2,5-6H,(H,7,8)(H,9,10). The number of halogens is 1. The number of rotatable bonds is 12. The number of hydrogen-bond acceptors (Lipinski definition) is 8. The van der Waals surface area contributed by atoms with Gasteiger partial charge in [0.2, 0.25) is 5.91 Å². The van der Waals surface area contributed by atoms with Gasteiger partial charge in [0, 0.05) is 38.6 Å². The van der Waals surface area contributed by atoms with E-state index in [1.165, 1.54) is 17.7 Å². The normalized spacial score (nSPS) is 17.6. The van der Waals surface area contributed by atoms with Crippen molar-refractivity contribution in [3.8, 4) is 0 Å². The zero-order valence-electron chi connectivity index (χ0n) is 25.9. The lowest BCUT2D eigenvalue weighted by Crippen LogP contribution is -2.48. The summed E-state index contributed by atoms with van der Waals surface area (Å²) >= 11 is 0. The van der Waals surface area contributed by atoms with Crippen molar-refractivity contribution in [1.29, 1.82) is 0 Å². The van der Waals surface area contributed by atoms with Gasteiger partial charge in [-0.15, -0.1) is 0 Å². The first kappa shape index (κ1) is 36.1. The Morgan fingerprint density at radius 2 is 1.42 bits per heavy atom. The van der Waals surface area contributed by atoms with Crippen molar-refractivity contribution >= 4 is 17.8 Å². The van der Waals surface area contributed by atoms with Crippen LogP contribution in [0, 0.1) is 5.82 Å². The Bertz CT molecular complexity index is 1190. The van der Waals surface area contributed by atoms with Crippen LogP contribution in [0.1, 0.15) is 62.1 Å². The molecule has 2 saturated heterocycles. The number of amides is 1. The van der Waals surface area contributed by atoms with Crippen LogP contribution in [0.3, 0.4) is 0 Å². The predicted octanol–water partition coefficient (Wildman–Crippen LogP) is 3.02. The van der Waals surface area contributed by atoms with E-state index in [-0.39, 0.29) is 24.1 Å². The Morgan fingerprint density at radius 1 is 0.889 bits per heavy atom. The van der Waals surface area contributed by atoms with E-state index in [4.69, 9.17) is 29.9 Å². The van der Waals surface area contributed by atoms with Crippen LogP contribution in [0.5, 0.6) is 0 Å². The number of carbonyl (C=O) groups excluding carboxylic acids is 1. The summed E-state index contributed by atoms with van der Waals surface area (Å²) in [6, 6.07) is 15.1. The first-order chi connectivity index (χ1) is 21.4. The molecule has 0 spiro atoms. The molecule has 2 aromatic carbocycles. The monoisotopic (exact) mass is 632 g/mol. The molecular formula is C33H45FN2O9. The van der Waals surface area contributed by atoms with E-state index in [1.54, 1.807) is 12.1 Å². The molecule has 0 radical (unpaired) electrons. The second kappa shape index (κ2) is 17.9. The molecule has 0 aliphatic carbocycles. The Balaban J connectivity index is 0.000000477. The summed E-state index contributed by atoms with van der Waals surface area (Å²) < 4.78 is 24.8. The summed E-state index contributed by atoms with van der Waals surface area (Å²) in [5, 5.41) is 32.5. The van der Waals surface area contributed by atoms with Crippen LogP contribution >= 0.6 is 0 Å². The number of nitrogens with zero attached hydrogens (tertiary/aromatic N) is 2. The van der Waals surface area contributed by atoms with E-state index < -0.39 is 24.1 Å². The van der Waals surface area contributed by atoms with Gasteiger partial charge in [0.15, 0.2) is 18.5 Å². The van der Waals surface area contributed by atoms with Crippen LogP contribution in [-0.4, -0.2) is 105 Å².